The van der Waals surface area contributed by atoms with Crippen LogP contribution in [0.15, 0.2) is 71.9 Å². The molecule has 0 amide bonds. The molecule has 0 aromatic heterocycles. The highest BCUT2D eigenvalue weighted by atomic mass is 32.1. The summed E-state index contributed by atoms with van der Waals surface area (Å²) in [5.41, 5.74) is 9.58. The summed E-state index contributed by atoms with van der Waals surface area (Å²) in [5, 5.41) is 9.32. The van der Waals surface area contributed by atoms with Crippen molar-refractivity contribution < 1.29 is 0 Å². The Morgan fingerprint density at radius 3 is 1.85 bits per heavy atom. The van der Waals surface area contributed by atoms with Gasteiger partial charge in [0.1, 0.15) is 16.6 Å². The van der Waals surface area contributed by atoms with Crippen molar-refractivity contribution in [3.05, 3.63) is 83.1 Å². The molecule has 2 aromatic rings. The van der Waals surface area contributed by atoms with E-state index in [0.29, 0.717) is 5.57 Å². The van der Waals surface area contributed by atoms with Gasteiger partial charge < -0.3 is 10.6 Å². The fourth-order valence-electron chi connectivity index (χ4n) is 3.67. The van der Waals surface area contributed by atoms with Crippen molar-refractivity contribution in [2.24, 2.45) is 5.73 Å². The summed E-state index contributed by atoms with van der Waals surface area (Å²) in [4.78, 5) is 4.88. The van der Waals surface area contributed by atoms with Gasteiger partial charge in [0.25, 0.3) is 0 Å². The Labute approximate surface area is 166 Å². The quantitative estimate of drug-likeness (QED) is 0.492. The van der Waals surface area contributed by atoms with Crippen LogP contribution in [0, 0.1) is 11.3 Å². The van der Waals surface area contributed by atoms with Crippen molar-refractivity contribution in [3.63, 3.8) is 0 Å². The lowest BCUT2D eigenvalue weighted by Gasteiger charge is -2.41. The minimum absolute atomic E-state index is 0.170. The predicted octanol–water partition coefficient (Wildman–Crippen LogP) is 3.48. The van der Waals surface area contributed by atoms with Gasteiger partial charge >= 0.3 is 0 Å². The zero-order valence-corrected chi connectivity index (χ0v) is 16.3. The molecule has 3 rings (SSSR count). The van der Waals surface area contributed by atoms with Gasteiger partial charge in [-0.05, 0) is 18.1 Å². The van der Waals surface area contributed by atoms with Crippen LogP contribution in [0.5, 0.6) is 0 Å². The van der Waals surface area contributed by atoms with Gasteiger partial charge in [0.15, 0.2) is 0 Å². The van der Waals surface area contributed by atoms with Crippen molar-refractivity contribution in [2.75, 3.05) is 26.2 Å². The van der Waals surface area contributed by atoms with Crippen LogP contribution >= 0.6 is 12.2 Å². The van der Waals surface area contributed by atoms with Crippen LogP contribution in [-0.4, -0.2) is 41.0 Å². The van der Waals surface area contributed by atoms with Crippen LogP contribution in [0.3, 0.4) is 0 Å². The number of allylic oxidation sites excluding steroid dienone is 1. The molecule has 1 aliphatic heterocycles. The lowest BCUT2D eigenvalue weighted by Crippen LogP contribution is -2.47. The van der Waals surface area contributed by atoms with Gasteiger partial charge in [0, 0.05) is 31.9 Å². The fourth-order valence-corrected chi connectivity index (χ4v) is 3.87. The van der Waals surface area contributed by atoms with Gasteiger partial charge in [-0.1, -0.05) is 72.9 Å². The van der Waals surface area contributed by atoms with Crippen LogP contribution in [0.25, 0.3) is 0 Å². The molecule has 0 bridgehead atoms. The minimum Gasteiger partial charge on any atom is -0.389 e. The molecule has 1 heterocycles. The van der Waals surface area contributed by atoms with Crippen molar-refractivity contribution in [1.29, 1.82) is 5.26 Å². The molecular formula is C22H24N4S. The summed E-state index contributed by atoms with van der Waals surface area (Å²) in [7, 11) is 0. The summed E-state index contributed by atoms with van der Waals surface area (Å²) < 4.78 is 0. The summed E-state index contributed by atoms with van der Waals surface area (Å²) in [6.07, 6.45) is 0. The molecule has 1 saturated heterocycles. The monoisotopic (exact) mass is 376 g/mol. The fraction of sp³-hybridized carbons (Fsp3) is 0.273. The molecule has 138 valence electrons. The average molecular weight is 377 g/mol. The normalized spacial score (nSPS) is 16.0. The zero-order valence-electron chi connectivity index (χ0n) is 15.5. The van der Waals surface area contributed by atoms with Gasteiger partial charge in [-0.2, -0.15) is 5.26 Å². The van der Waals surface area contributed by atoms with E-state index in [0.717, 1.165) is 31.9 Å². The number of thiocarbonyl (C=S) groups is 1. The zero-order chi connectivity index (χ0) is 19.2. The van der Waals surface area contributed by atoms with Crippen molar-refractivity contribution in [3.8, 4) is 6.07 Å². The molecule has 5 heteroatoms. The molecule has 0 spiro atoms. The van der Waals surface area contributed by atoms with Crippen molar-refractivity contribution in [1.82, 2.24) is 9.80 Å². The number of piperazine rings is 1. The molecule has 0 saturated carbocycles. The molecule has 2 N–H and O–H groups in total. The molecule has 0 unspecified atom stereocenters. The van der Waals surface area contributed by atoms with Gasteiger partial charge in [0.2, 0.25) is 0 Å². The van der Waals surface area contributed by atoms with Crippen LogP contribution in [0.1, 0.15) is 24.1 Å². The molecule has 0 aliphatic carbocycles. The second-order valence-electron chi connectivity index (χ2n) is 6.68. The topological polar surface area (TPSA) is 56.3 Å². The van der Waals surface area contributed by atoms with E-state index in [9.17, 15) is 5.26 Å². The Kier molecular flexibility index (Phi) is 6.23. The first-order valence-corrected chi connectivity index (χ1v) is 9.52. The van der Waals surface area contributed by atoms with E-state index in [4.69, 9.17) is 18.0 Å². The van der Waals surface area contributed by atoms with E-state index in [2.05, 4.69) is 76.5 Å². The summed E-state index contributed by atoms with van der Waals surface area (Å²) in [5.74, 6) is 0. The number of nitrogens with two attached hydrogens (primary N) is 1. The lowest BCUT2D eigenvalue weighted by molar-refractivity contribution is 0.131. The van der Waals surface area contributed by atoms with Crippen LogP contribution in [-0.2, 0) is 0 Å². The molecular weight excluding hydrogens is 352 g/mol. The number of hydrogen-bond donors (Lipinski definition) is 1. The van der Waals surface area contributed by atoms with E-state index < -0.39 is 0 Å². The third-order valence-corrected chi connectivity index (χ3v) is 5.31. The smallest absolute Gasteiger partial charge is 0.116 e. The standard InChI is InChI=1S/C22H24N4S/c1-17(20(16-23)22(24)27)25-12-14-26(15-13-25)21(18-8-4-2-5-9-18)19-10-6-3-7-11-19/h2-11,21H,12-15H2,1H3,(H2,24,27)/b20-17+. The molecule has 0 radical (unpaired) electrons. The third-order valence-electron chi connectivity index (χ3n) is 5.10. The number of rotatable bonds is 5. The summed E-state index contributed by atoms with van der Waals surface area (Å²) >= 11 is 5.01. The molecule has 4 nitrogen and oxygen atoms in total. The molecule has 2 aromatic carbocycles. The Morgan fingerprint density at radius 2 is 1.44 bits per heavy atom. The first kappa shape index (κ1) is 19.1. The highest BCUT2D eigenvalue weighted by Gasteiger charge is 2.27. The SMILES string of the molecule is C/C(=C(/C#N)C(N)=S)N1CCN(C(c2ccccc2)c2ccccc2)CC1. The third kappa shape index (κ3) is 4.36. The molecule has 0 atom stereocenters. The van der Waals surface area contributed by atoms with Gasteiger partial charge in [-0.15, -0.1) is 0 Å². The Balaban J connectivity index is 1.82. The van der Waals surface area contributed by atoms with E-state index in [1.165, 1.54) is 11.1 Å². The number of nitrogens with zero attached hydrogens (tertiary/aromatic N) is 3. The first-order chi connectivity index (χ1) is 13.1. The Morgan fingerprint density at radius 1 is 0.963 bits per heavy atom. The van der Waals surface area contributed by atoms with Gasteiger partial charge in [-0.3, -0.25) is 4.90 Å². The van der Waals surface area contributed by atoms with Crippen molar-refractivity contribution in [2.45, 2.75) is 13.0 Å². The largest absolute Gasteiger partial charge is 0.389 e. The van der Waals surface area contributed by atoms with E-state index in [-0.39, 0.29) is 11.0 Å². The van der Waals surface area contributed by atoms with E-state index in [1.807, 2.05) is 6.92 Å². The van der Waals surface area contributed by atoms with Gasteiger partial charge in [0.05, 0.1) is 6.04 Å². The van der Waals surface area contributed by atoms with Crippen LogP contribution in [0.2, 0.25) is 0 Å². The van der Waals surface area contributed by atoms with Crippen LogP contribution < -0.4 is 5.73 Å². The van der Waals surface area contributed by atoms with E-state index in [1.54, 1.807) is 0 Å². The van der Waals surface area contributed by atoms with E-state index >= 15 is 0 Å². The van der Waals surface area contributed by atoms with Crippen LogP contribution in [0.4, 0.5) is 0 Å². The second kappa shape index (κ2) is 8.81. The predicted molar refractivity (Wildman–Crippen MR) is 113 cm³/mol. The minimum atomic E-state index is 0.170. The molecule has 27 heavy (non-hydrogen) atoms. The first-order valence-electron chi connectivity index (χ1n) is 9.11. The Bertz CT molecular complexity index is 807. The number of nitriles is 1. The highest BCUT2D eigenvalue weighted by Crippen LogP contribution is 2.30. The molecule has 1 fully saturated rings. The lowest BCUT2D eigenvalue weighted by atomic mass is 9.96. The maximum Gasteiger partial charge on any atom is 0.116 e. The average Bonchev–Trinajstić information content (AvgIpc) is 2.70. The second-order valence-corrected chi connectivity index (χ2v) is 7.12. The number of benzene rings is 2. The summed E-state index contributed by atoms with van der Waals surface area (Å²) in [6.45, 7) is 5.43. The molecule has 1 aliphatic rings. The maximum atomic E-state index is 9.32. The Hall–Kier alpha value is -2.68. The van der Waals surface area contributed by atoms with Crippen molar-refractivity contribution >= 4 is 17.2 Å². The highest BCUT2D eigenvalue weighted by molar-refractivity contribution is 7.80. The number of hydrogen-bond acceptors (Lipinski definition) is 4. The summed E-state index contributed by atoms with van der Waals surface area (Å²) in [6, 6.07) is 23.6. The van der Waals surface area contributed by atoms with Gasteiger partial charge in [-0.25, -0.2) is 0 Å². The maximum absolute atomic E-state index is 9.32.